The fourth-order valence-electron chi connectivity index (χ4n) is 3.10. The summed E-state index contributed by atoms with van der Waals surface area (Å²) >= 11 is 0. The summed E-state index contributed by atoms with van der Waals surface area (Å²) in [6.07, 6.45) is -3.40. The number of halogens is 3. The maximum absolute atomic E-state index is 12.8. The van der Waals surface area contributed by atoms with Crippen LogP contribution < -0.4 is 14.6 Å². The predicted octanol–water partition coefficient (Wildman–Crippen LogP) is 3.52. The normalized spacial score (nSPS) is 15.0. The molecule has 1 aliphatic heterocycles. The molecule has 1 N–H and O–H groups in total. The highest BCUT2D eigenvalue weighted by atomic mass is 19.4. The number of piperazine rings is 1. The Hall–Kier alpha value is -2.77. The van der Waals surface area contributed by atoms with Crippen LogP contribution in [-0.2, 0) is 6.18 Å². The summed E-state index contributed by atoms with van der Waals surface area (Å²) in [6, 6.07) is 9.64. The Bertz CT molecular complexity index is 830. The number of nitrogens with one attached hydrogen (secondary N) is 1. The van der Waals surface area contributed by atoms with E-state index in [1.165, 1.54) is 6.07 Å². The van der Waals surface area contributed by atoms with E-state index in [4.69, 9.17) is 4.74 Å². The summed E-state index contributed by atoms with van der Waals surface area (Å²) in [5.74, 6) is 1.59. The average Bonchev–Trinajstić information content (AvgIpc) is 2.71. The standard InChI is InChI=1S/C21H24F3N3O2/c1-15(2)14-29-18-5-3-4-16(12-18)20(28)27-10-8-26(9-11-27)19-7-6-17(13-25-19)21(22,23)24/h3-7,12-13,15H,8-11,14H2,1-2H3/p+1. The molecule has 2 heterocycles. The minimum atomic E-state index is -4.37. The molecular weight excluding hydrogens is 383 g/mol. The lowest BCUT2D eigenvalue weighted by Crippen LogP contribution is -2.50. The molecule has 1 amide bonds. The molecule has 156 valence electrons. The van der Waals surface area contributed by atoms with Gasteiger partial charge in [-0.2, -0.15) is 13.2 Å². The Balaban J connectivity index is 1.59. The van der Waals surface area contributed by atoms with E-state index in [-0.39, 0.29) is 5.91 Å². The molecule has 1 saturated heterocycles. The zero-order chi connectivity index (χ0) is 21.0. The number of H-pyrrole nitrogens is 1. The van der Waals surface area contributed by atoms with E-state index in [1.807, 2.05) is 11.0 Å². The molecule has 0 saturated carbocycles. The van der Waals surface area contributed by atoms with Crippen molar-refractivity contribution < 1.29 is 27.7 Å². The molecule has 1 aromatic heterocycles. The van der Waals surface area contributed by atoms with Gasteiger partial charge in [0.15, 0.2) is 0 Å². The van der Waals surface area contributed by atoms with Gasteiger partial charge in [-0.3, -0.25) is 9.69 Å². The Morgan fingerprint density at radius 2 is 1.86 bits per heavy atom. The highest BCUT2D eigenvalue weighted by Gasteiger charge is 2.33. The lowest BCUT2D eigenvalue weighted by molar-refractivity contribution is -0.367. The number of hydrogen-bond acceptors (Lipinski definition) is 3. The van der Waals surface area contributed by atoms with Gasteiger partial charge in [0.2, 0.25) is 0 Å². The average molecular weight is 408 g/mol. The van der Waals surface area contributed by atoms with Crippen LogP contribution in [-0.4, -0.2) is 43.6 Å². The van der Waals surface area contributed by atoms with Crippen LogP contribution in [0.4, 0.5) is 19.0 Å². The Kier molecular flexibility index (Phi) is 6.30. The second-order valence-corrected chi connectivity index (χ2v) is 7.47. The van der Waals surface area contributed by atoms with Crippen LogP contribution in [0.1, 0.15) is 29.8 Å². The number of anilines is 1. The summed E-state index contributed by atoms with van der Waals surface area (Å²) in [5, 5.41) is 0. The van der Waals surface area contributed by atoms with Crippen LogP contribution in [0.2, 0.25) is 0 Å². The van der Waals surface area contributed by atoms with Crippen molar-refractivity contribution in [2.45, 2.75) is 20.0 Å². The summed E-state index contributed by atoms with van der Waals surface area (Å²) in [7, 11) is 0. The lowest BCUT2D eigenvalue weighted by Gasteiger charge is -2.31. The number of hydrogen-bond donors (Lipinski definition) is 0. The zero-order valence-electron chi connectivity index (χ0n) is 16.5. The molecule has 0 aliphatic carbocycles. The minimum absolute atomic E-state index is 0.0731. The van der Waals surface area contributed by atoms with Gasteiger partial charge in [0, 0.05) is 11.6 Å². The van der Waals surface area contributed by atoms with Gasteiger partial charge < -0.3 is 9.64 Å². The fraction of sp³-hybridized carbons (Fsp3) is 0.429. The number of aromatic amines is 1. The lowest BCUT2D eigenvalue weighted by atomic mass is 10.1. The van der Waals surface area contributed by atoms with Crippen molar-refractivity contribution in [3.05, 3.63) is 53.7 Å². The Morgan fingerprint density at radius 3 is 2.45 bits per heavy atom. The molecule has 0 unspecified atom stereocenters. The van der Waals surface area contributed by atoms with Crippen molar-refractivity contribution in [3.8, 4) is 5.75 Å². The van der Waals surface area contributed by atoms with Crippen molar-refractivity contribution >= 4 is 11.7 Å². The molecule has 8 heteroatoms. The zero-order valence-corrected chi connectivity index (χ0v) is 16.5. The highest BCUT2D eigenvalue weighted by Crippen LogP contribution is 2.28. The van der Waals surface area contributed by atoms with Gasteiger partial charge in [-0.25, -0.2) is 4.98 Å². The number of pyridine rings is 1. The van der Waals surface area contributed by atoms with Gasteiger partial charge in [0.05, 0.1) is 25.3 Å². The van der Waals surface area contributed by atoms with E-state index in [9.17, 15) is 18.0 Å². The topological polar surface area (TPSA) is 46.9 Å². The molecule has 3 rings (SSSR count). The molecule has 1 fully saturated rings. The first-order valence-electron chi connectivity index (χ1n) is 9.60. The van der Waals surface area contributed by atoms with Gasteiger partial charge in [-0.15, -0.1) is 0 Å². The third kappa shape index (κ3) is 5.40. The van der Waals surface area contributed by atoms with Crippen molar-refractivity contribution in [2.24, 2.45) is 5.92 Å². The van der Waals surface area contributed by atoms with Crippen LogP contribution in [0.25, 0.3) is 0 Å². The monoisotopic (exact) mass is 408 g/mol. The van der Waals surface area contributed by atoms with E-state index < -0.39 is 11.7 Å². The van der Waals surface area contributed by atoms with Crippen molar-refractivity contribution in [1.82, 2.24) is 4.90 Å². The van der Waals surface area contributed by atoms with Crippen LogP contribution in [0.5, 0.6) is 5.75 Å². The maximum atomic E-state index is 12.8. The van der Waals surface area contributed by atoms with Crippen LogP contribution in [0.3, 0.4) is 0 Å². The number of rotatable bonds is 5. The van der Waals surface area contributed by atoms with Crippen LogP contribution in [0, 0.1) is 5.92 Å². The first-order chi connectivity index (χ1) is 13.7. The third-order valence-corrected chi connectivity index (χ3v) is 4.70. The van der Waals surface area contributed by atoms with Crippen molar-refractivity contribution in [2.75, 3.05) is 37.7 Å². The second-order valence-electron chi connectivity index (χ2n) is 7.47. The first kappa shape index (κ1) is 21.0. The van der Waals surface area contributed by atoms with E-state index in [1.54, 1.807) is 23.1 Å². The van der Waals surface area contributed by atoms with Crippen LogP contribution in [0.15, 0.2) is 42.6 Å². The Labute approximate surface area is 168 Å². The number of amides is 1. The second kappa shape index (κ2) is 8.71. The highest BCUT2D eigenvalue weighted by molar-refractivity contribution is 5.94. The molecule has 29 heavy (non-hydrogen) atoms. The number of nitrogens with zero attached hydrogens (tertiary/aromatic N) is 2. The van der Waals surface area contributed by atoms with Gasteiger partial charge in [-0.1, -0.05) is 19.9 Å². The SMILES string of the molecule is CC(C)COc1cccc(C(=O)N2CCN(c3ccc(C(F)(F)F)c[nH+]3)CC2)c1. The molecule has 0 spiro atoms. The fourth-order valence-corrected chi connectivity index (χ4v) is 3.10. The number of benzene rings is 1. The van der Waals surface area contributed by atoms with Crippen molar-refractivity contribution in [1.29, 1.82) is 0 Å². The number of alkyl halides is 3. The quantitative estimate of drug-likeness (QED) is 0.761. The molecule has 0 radical (unpaired) electrons. The smallest absolute Gasteiger partial charge is 0.419 e. The molecule has 1 aliphatic rings. The summed E-state index contributed by atoms with van der Waals surface area (Å²) in [5.41, 5.74) is -0.143. The van der Waals surface area contributed by atoms with Crippen molar-refractivity contribution in [3.63, 3.8) is 0 Å². The Morgan fingerprint density at radius 1 is 1.14 bits per heavy atom. The maximum Gasteiger partial charge on any atom is 0.419 e. The molecule has 1 aromatic carbocycles. The molecule has 0 bridgehead atoms. The number of aromatic nitrogens is 1. The predicted molar refractivity (Wildman–Crippen MR) is 103 cm³/mol. The third-order valence-electron chi connectivity index (χ3n) is 4.70. The largest absolute Gasteiger partial charge is 0.493 e. The van der Waals surface area contributed by atoms with E-state index >= 15 is 0 Å². The summed E-state index contributed by atoms with van der Waals surface area (Å²) < 4.78 is 43.8. The summed E-state index contributed by atoms with van der Waals surface area (Å²) in [6.45, 7) is 6.76. The number of ether oxygens (including phenoxy) is 1. The molecule has 0 atom stereocenters. The van der Waals surface area contributed by atoms with Gasteiger partial charge in [-0.05, 0) is 30.2 Å². The van der Waals surface area contributed by atoms with Crippen LogP contribution >= 0.6 is 0 Å². The molecule has 2 aromatic rings. The van der Waals surface area contributed by atoms with E-state index in [0.29, 0.717) is 55.8 Å². The molecule has 5 nitrogen and oxygen atoms in total. The van der Waals surface area contributed by atoms with Gasteiger partial charge in [0.1, 0.15) is 25.0 Å². The molecular formula is C21H25F3N3O2+. The van der Waals surface area contributed by atoms with Gasteiger partial charge >= 0.3 is 6.18 Å². The van der Waals surface area contributed by atoms with Gasteiger partial charge in [0.25, 0.3) is 11.7 Å². The van der Waals surface area contributed by atoms with E-state index in [0.717, 1.165) is 12.3 Å². The number of carbonyl (C=O) groups is 1. The van der Waals surface area contributed by atoms with E-state index in [2.05, 4.69) is 18.8 Å². The summed E-state index contributed by atoms with van der Waals surface area (Å²) in [4.78, 5) is 19.2. The number of carbonyl (C=O) groups excluding carboxylic acids is 1. The first-order valence-corrected chi connectivity index (χ1v) is 9.60. The minimum Gasteiger partial charge on any atom is -0.493 e.